The molecule has 0 saturated heterocycles. The van der Waals surface area contributed by atoms with Gasteiger partial charge in [0, 0.05) is 40.2 Å². The molecule has 5 nitrogen and oxygen atoms in total. The number of fused-ring (bicyclic) bond motifs is 2. The number of carbonyl (C=O) groups is 1. The third-order valence-corrected chi connectivity index (χ3v) is 5.10. The van der Waals surface area contributed by atoms with Crippen molar-refractivity contribution in [3.05, 3.63) is 71.8 Å². The summed E-state index contributed by atoms with van der Waals surface area (Å²) in [5, 5.41) is 4.90. The Kier molecular flexibility index (Phi) is 4.88. The van der Waals surface area contributed by atoms with Crippen molar-refractivity contribution in [2.24, 2.45) is 5.73 Å². The molecule has 6 heteroatoms. The Labute approximate surface area is 162 Å². The van der Waals surface area contributed by atoms with E-state index in [2.05, 4.69) is 15.3 Å². The van der Waals surface area contributed by atoms with Gasteiger partial charge < -0.3 is 21.0 Å². The van der Waals surface area contributed by atoms with E-state index in [1.54, 1.807) is 6.07 Å². The van der Waals surface area contributed by atoms with Gasteiger partial charge in [0.05, 0.1) is 6.04 Å². The minimum absolute atomic E-state index is 0.121. The lowest BCUT2D eigenvalue weighted by molar-refractivity contribution is -0.122. The predicted octanol–water partition coefficient (Wildman–Crippen LogP) is 3.41. The Morgan fingerprint density at radius 2 is 1.71 bits per heavy atom. The van der Waals surface area contributed by atoms with E-state index in [4.69, 9.17) is 5.73 Å². The van der Waals surface area contributed by atoms with Crippen molar-refractivity contribution in [2.75, 3.05) is 0 Å². The summed E-state index contributed by atoms with van der Waals surface area (Å²) in [7, 11) is 0. The number of carbonyl (C=O) groups excluding carboxylic acids is 1. The highest BCUT2D eigenvalue weighted by molar-refractivity contribution is 5.86. The second-order valence-electron chi connectivity index (χ2n) is 7.29. The summed E-state index contributed by atoms with van der Waals surface area (Å²) in [5.41, 5.74) is 10.1. The van der Waals surface area contributed by atoms with Gasteiger partial charge in [0.1, 0.15) is 5.82 Å². The zero-order valence-corrected chi connectivity index (χ0v) is 15.6. The first-order valence-corrected chi connectivity index (χ1v) is 9.37. The van der Waals surface area contributed by atoms with Crippen LogP contribution in [0.4, 0.5) is 4.39 Å². The predicted molar refractivity (Wildman–Crippen MR) is 110 cm³/mol. The highest BCUT2D eigenvalue weighted by atomic mass is 19.1. The smallest absolute Gasteiger partial charge is 0.237 e. The molecule has 4 aromatic rings. The quantitative estimate of drug-likeness (QED) is 0.414. The third kappa shape index (κ3) is 3.64. The van der Waals surface area contributed by atoms with E-state index >= 15 is 0 Å². The number of para-hydroxylation sites is 1. The zero-order chi connectivity index (χ0) is 19.7. The number of aromatic nitrogens is 2. The first kappa shape index (κ1) is 18.3. The first-order valence-electron chi connectivity index (χ1n) is 9.37. The molecule has 2 heterocycles. The fraction of sp³-hybridized carbons (Fsp3) is 0.227. The van der Waals surface area contributed by atoms with Gasteiger partial charge in [-0.25, -0.2) is 4.39 Å². The summed E-state index contributed by atoms with van der Waals surface area (Å²) in [4.78, 5) is 18.9. The minimum Gasteiger partial charge on any atom is -0.361 e. The fourth-order valence-electron chi connectivity index (χ4n) is 3.68. The molecule has 5 N–H and O–H groups in total. The van der Waals surface area contributed by atoms with Crippen LogP contribution in [-0.2, 0) is 17.6 Å². The number of nitrogens with two attached hydrogens (primary N) is 1. The van der Waals surface area contributed by atoms with Gasteiger partial charge >= 0.3 is 0 Å². The number of hydrogen-bond donors (Lipinski definition) is 4. The lowest BCUT2D eigenvalue weighted by atomic mass is 10.0. The normalized spacial score (nSPS) is 13.7. The maximum atomic E-state index is 13.5. The van der Waals surface area contributed by atoms with Crippen molar-refractivity contribution in [3.8, 4) is 0 Å². The molecular formula is C22H23FN4O. The van der Waals surface area contributed by atoms with Crippen LogP contribution >= 0.6 is 0 Å². The second kappa shape index (κ2) is 7.48. The molecule has 0 aliphatic heterocycles. The molecule has 1 amide bonds. The average Bonchev–Trinajstić information content (AvgIpc) is 3.26. The molecule has 0 aliphatic rings. The van der Waals surface area contributed by atoms with Crippen molar-refractivity contribution in [2.45, 2.75) is 31.8 Å². The second-order valence-corrected chi connectivity index (χ2v) is 7.29. The van der Waals surface area contributed by atoms with E-state index in [0.29, 0.717) is 12.8 Å². The Morgan fingerprint density at radius 3 is 2.50 bits per heavy atom. The summed E-state index contributed by atoms with van der Waals surface area (Å²) in [5.74, 6) is -0.463. The molecule has 2 atom stereocenters. The van der Waals surface area contributed by atoms with Crippen LogP contribution in [0.15, 0.2) is 54.9 Å². The Bertz CT molecular complexity index is 1130. The molecule has 0 bridgehead atoms. The largest absolute Gasteiger partial charge is 0.361 e. The van der Waals surface area contributed by atoms with Crippen LogP contribution < -0.4 is 11.1 Å². The topological polar surface area (TPSA) is 86.7 Å². The van der Waals surface area contributed by atoms with Crippen LogP contribution in [-0.4, -0.2) is 28.0 Å². The number of H-pyrrole nitrogens is 2. The summed E-state index contributed by atoms with van der Waals surface area (Å²) in [6, 6.07) is 11.8. The summed E-state index contributed by atoms with van der Waals surface area (Å²) in [6.45, 7) is 1.93. The van der Waals surface area contributed by atoms with Crippen molar-refractivity contribution in [1.82, 2.24) is 15.3 Å². The van der Waals surface area contributed by atoms with Gasteiger partial charge in [0.25, 0.3) is 0 Å². The standard InChI is InChI=1S/C22H23FN4O/c1-13(8-14-11-26-21-7-6-16(23)10-18(14)21)27-22(28)19(24)9-15-12-25-20-5-3-2-4-17(15)20/h2-7,10-13,19,25-26H,8-9,24H2,1H3,(H,27,28). The summed E-state index contributed by atoms with van der Waals surface area (Å²) in [6.07, 6.45) is 4.82. The van der Waals surface area contributed by atoms with Crippen LogP contribution in [0, 0.1) is 5.82 Å². The van der Waals surface area contributed by atoms with Crippen LogP contribution in [0.3, 0.4) is 0 Å². The first-order chi connectivity index (χ1) is 13.5. The van der Waals surface area contributed by atoms with Gasteiger partial charge in [-0.3, -0.25) is 4.79 Å². The van der Waals surface area contributed by atoms with Gasteiger partial charge in [-0.2, -0.15) is 0 Å². The molecule has 2 unspecified atom stereocenters. The van der Waals surface area contributed by atoms with Crippen molar-refractivity contribution in [1.29, 1.82) is 0 Å². The highest BCUT2D eigenvalue weighted by Crippen LogP contribution is 2.21. The maximum absolute atomic E-state index is 13.5. The molecule has 0 saturated carbocycles. The van der Waals surface area contributed by atoms with E-state index < -0.39 is 6.04 Å². The van der Waals surface area contributed by atoms with Crippen molar-refractivity contribution >= 4 is 27.7 Å². The molecule has 2 aromatic carbocycles. The molecule has 0 spiro atoms. The SMILES string of the molecule is CC(Cc1c[nH]c2ccc(F)cc12)NC(=O)C(N)Cc1c[nH]c2ccccc12. The minimum atomic E-state index is -0.637. The van der Waals surface area contributed by atoms with Crippen LogP contribution in [0.1, 0.15) is 18.1 Å². The van der Waals surface area contributed by atoms with E-state index in [1.165, 1.54) is 12.1 Å². The number of rotatable bonds is 6. The van der Waals surface area contributed by atoms with Crippen LogP contribution in [0.2, 0.25) is 0 Å². The number of amides is 1. The van der Waals surface area contributed by atoms with Crippen LogP contribution in [0.5, 0.6) is 0 Å². The number of nitrogens with one attached hydrogen (secondary N) is 3. The van der Waals surface area contributed by atoms with Gasteiger partial charge in [-0.05, 0) is 55.2 Å². The Balaban J connectivity index is 1.40. The average molecular weight is 378 g/mol. The number of halogens is 1. The van der Waals surface area contributed by atoms with Crippen LogP contribution in [0.25, 0.3) is 21.8 Å². The number of benzene rings is 2. The Hall–Kier alpha value is -3.12. The van der Waals surface area contributed by atoms with Crippen molar-refractivity contribution in [3.63, 3.8) is 0 Å². The maximum Gasteiger partial charge on any atom is 0.237 e. The van der Waals surface area contributed by atoms with E-state index in [0.717, 1.165) is 32.9 Å². The summed E-state index contributed by atoms with van der Waals surface area (Å²) < 4.78 is 13.5. The fourth-order valence-corrected chi connectivity index (χ4v) is 3.68. The Morgan fingerprint density at radius 1 is 1.04 bits per heavy atom. The van der Waals surface area contributed by atoms with Crippen molar-refractivity contribution < 1.29 is 9.18 Å². The molecule has 4 rings (SSSR count). The van der Waals surface area contributed by atoms with Gasteiger partial charge in [0.2, 0.25) is 5.91 Å². The van der Waals surface area contributed by atoms with E-state index in [9.17, 15) is 9.18 Å². The van der Waals surface area contributed by atoms with Gasteiger partial charge in [0.15, 0.2) is 0 Å². The van der Waals surface area contributed by atoms with E-state index in [1.807, 2.05) is 43.6 Å². The summed E-state index contributed by atoms with van der Waals surface area (Å²) >= 11 is 0. The molecule has 0 radical (unpaired) electrons. The third-order valence-electron chi connectivity index (χ3n) is 5.10. The lowest BCUT2D eigenvalue weighted by Crippen LogP contribution is -2.46. The molecular weight excluding hydrogens is 355 g/mol. The molecule has 2 aromatic heterocycles. The van der Waals surface area contributed by atoms with Gasteiger partial charge in [-0.1, -0.05) is 18.2 Å². The lowest BCUT2D eigenvalue weighted by Gasteiger charge is -2.17. The monoisotopic (exact) mass is 378 g/mol. The van der Waals surface area contributed by atoms with E-state index in [-0.39, 0.29) is 17.8 Å². The number of aromatic amines is 2. The highest BCUT2D eigenvalue weighted by Gasteiger charge is 2.19. The zero-order valence-electron chi connectivity index (χ0n) is 15.6. The number of hydrogen-bond acceptors (Lipinski definition) is 2. The molecule has 0 aliphatic carbocycles. The van der Waals surface area contributed by atoms with Gasteiger partial charge in [-0.15, -0.1) is 0 Å². The molecule has 28 heavy (non-hydrogen) atoms. The molecule has 144 valence electrons. The molecule has 0 fully saturated rings.